The molecule has 0 amide bonds. The lowest BCUT2D eigenvalue weighted by atomic mass is 10.2. The Balaban J connectivity index is 2.11. The van der Waals surface area contributed by atoms with Gasteiger partial charge in [-0.2, -0.15) is 0 Å². The summed E-state index contributed by atoms with van der Waals surface area (Å²) in [6.07, 6.45) is 0. The van der Waals surface area contributed by atoms with Gasteiger partial charge in [0.2, 0.25) is 0 Å². The number of hydrogen-bond donors (Lipinski definition) is 1. The Kier molecular flexibility index (Phi) is 4.58. The van der Waals surface area contributed by atoms with E-state index in [1.807, 2.05) is 18.2 Å². The molecule has 0 spiro atoms. The van der Waals surface area contributed by atoms with E-state index in [9.17, 15) is 0 Å². The molecule has 0 aromatic heterocycles. The van der Waals surface area contributed by atoms with E-state index in [1.165, 1.54) is 0 Å². The third-order valence-corrected chi connectivity index (χ3v) is 3.13. The van der Waals surface area contributed by atoms with Crippen LogP contribution in [0.15, 0.2) is 36.4 Å². The number of halogens is 1. The Morgan fingerprint density at radius 2 is 1.60 bits per heavy atom. The average Bonchev–Trinajstić information content (AvgIpc) is 2.48. The summed E-state index contributed by atoms with van der Waals surface area (Å²) in [4.78, 5) is 0. The molecule has 0 aliphatic rings. The molecule has 0 radical (unpaired) electrons. The number of hydrogen-bond acceptors (Lipinski definition) is 4. The second-order valence-corrected chi connectivity index (χ2v) is 4.60. The van der Waals surface area contributed by atoms with Crippen molar-refractivity contribution in [3.05, 3.63) is 47.0 Å². The fraction of sp³-hybridized carbons (Fsp3) is 0.200. The van der Waals surface area contributed by atoms with Gasteiger partial charge in [-0.15, -0.1) is 0 Å². The Labute approximate surface area is 123 Å². The topological polar surface area (TPSA) is 53.7 Å². The van der Waals surface area contributed by atoms with Crippen molar-refractivity contribution >= 4 is 17.3 Å². The number of anilines is 1. The molecule has 20 heavy (non-hydrogen) atoms. The van der Waals surface area contributed by atoms with Gasteiger partial charge in [-0.1, -0.05) is 11.6 Å². The molecule has 4 nitrogen and oxygen atoms in total. The first-order valence-electron chi connectivity index (χ1n) is 6.02. The second-order valence-electron chi connectivity index (χ2n) is 4.19. The summed E-state index contributed by atoms with van der Waals surface area (Å²) in [5.41, 5.74) is 7.16. The predicted molar refractivity (Wildman–Crippen MR) is 79.7 cm³/mol. The molecule has 0 fully saturated rings. The molecule has 0 bridgehead atoms. The summed E-state index contributed by atoms with van der Waals surface area (Å²) in [7, 11) is 3.22. The predicted octanol–water partition coefficient (Wildman–Crippen LogP) is 3.52. The van der Waals surface area contributed by atoms with E-state index >= 15 is 0 Å². The molecule has 2 aromatic rings. The van der Waals surface area contributed by atoms with Crippen LogP contribution in [0.4, 0.5) is 5.69 Å². The first kappa shape index (κ1) is 14.3. The number of methoxy groups -OCH3 is 2. The Morgan fingerprint density at radius 1 is 0.950 bits per heavy atom. The Hall–Kier alpha value is -2.07. The lowest BCUT2D eigenvalue weighted by Gasteiger charge is -2.10. The normalized spacial score (nSPS) is 10.2. The van der Waals surface area contributed by atoms with Crippen LogP contribution >= 0.6 is 11.6 Å². The van der Waals surface area contributed by atoms with Crippen LogP contribution < -0.4 is 19.9 Å². The molecule has 106 valence electrons. The zero-order valence-corrected chi connectivity index (χ0v) is 12.1. The van der Waals surface area contributed by atoms with Gasteiger partial charge in [0, 0.05) is 12.1 Å². The van der Waals surface area contributed by atoms with Crippen molar-refractivity contribution in [2.75, 3.05) is 20.0 Å². The maximum absolute atomic E-state index is 5.86. The third-order valence-electron chi connectivity index (χ3n) is 2.78. The van der Waals surface area contributed by atoms with Crippen LogP contribution in [0, 0.1) is 0 Å². The Morgan fingerprint density at radius 3 is 2.15 bits per heavy atom. The zero-order valence-electron chi connectivity index (χ0n) is 11.4. The van der Waals surface area contributed by atoms with Gasteiger partial charge in [0.15, 0.2) is 0 Å². The van der Waals surface area contributed by atoms with E-state index in [-0.39, 0.29) is 0 Å². The van der Waals surface area contributed by atoms with Crippen molar-refractivity contribution < 1.29 is 14.2 Å². The van der Waals surface area contributed by atoms with Crippen LogP contribution in [0.1, 0.15) is 5.56 Å². The number of benzene rings is 2. The van der Waals surface area contributed by atoms with Crippen LogP contribution in [0.3, 0.4) is 0 Å². The molecular formula is C15H16ClNO3. The SMILES string of the molecule is COc1cc(COc2ccc(Cl)c(N)c2)cc(OC)c1. The molecule has 0 saturated heterocycles. The van der Waals surface area contributed by atoms with Gasteiger partial charge in [-0.05, 0) is 29.8 Å². The minimum absolute atomic E-state index is 0.384. The number of rotatable bonds is 5. The van der Waals surface area contributed by atoms with Crippen LogP contribution in [0.25, 0.3) is 0 Å². The molecule has 2 N–H and O–H groups in total. The van der Waals surface area contributed by atoms with Gasteiger partial charge in [-0.25, -0.2) is 0 Å². The van der Waals surface area contributed by atoms with Crippen LogP contribution in [0.5, 0.6) is 17.2 Å². The Bertz CT molecular complexity index is 579. The molecule has 0 saturated carbocycles. The summed E-state index contributed by atoms with van der Waals surface area (Å²) in [6, 6.07) is 10.8. The summed E-state index contributed by atoms with van der Waals surface area (Å²) in [5, 5.41) is 0.514. The highest BCUT2D eigenvalue weighted by Crippen LogP contribution is 2.26. The van der Waals surface area contributed by atoms with Crippen molar-refractivity contribution in [1.82, 2.24) is 0 Å². The van der Waals surface area contributed by atoms with Crippen LogP contribution in [0.2, 0.25) is 5.02 Å². The standard InChI is InChI=1S/C15H16ClNO3/c1-18-12-5-10(6-13(7-12)19-2)9-20-11-3-4-14(16)15(17)8-11/h3-8H,9,17H2,1-2H3. The molecular weight excluding hydrogens is 278 g/mol. The molecule has 0 atom stereocenters. The van der Waals surface area contributed by atoms with Gasteiger partial charge in [-0.3, -0.25) is 0 Å². The quantitative estimate of drug-likeness (QED) is 0.857. The third kappa shape index (κ3) is 3.48. The highest BCUT2D eigenvalue weighted by Gasteiger charge is 2.04. The fourth-order valence-electron chi connectivity index (χ4n) is 1.73. The molecule has 0 aliphatic carbocycles. The molecule has 0 unspecified atom stereocenters. The van der Waals surface area contributed by atoms with Gasteiger partial charge < -0.3 is 19.9 Å². The van der Waals surface area contributed by atoms with E-state index in [4.69, 9.17) is 31.5 Å². The number of nitrogens with two attached hydrogens (primary N) is 1. The van der Waals surface area contributed by atoms with Crippen molar-refractivity contribution in [2.24, 2.45) is 0 Å². The molecule has 0 aliphatic heterocycles. The summed E-state index contributed by atoms with van der Waals surface area (Å²) < 4.78 is 16.1. The zero-order chi connectivity index (χ0) is 14.5. The van der Waals surface area contributed by atoms with Gasteiger partial charge >= 0.3 is 0 Å². The first-order valence-corrected chi connectivity index (χ1v) is 6.40. The van der Waals surface area contributed by atoms with Crippen molar-refractivity contribution in [3.63, 3.8) is 0 Å². The van der Waals surface area contributed by atoms with E-state index in [0.29, 0.717) is 23.1 Å². The fourth-order valence-corrected chi connectivity index (χ4v) is 1.85. The van der Waals surface area contributed by atoms with Gasteiger partial charge in [0.1, 0.15) is 23.9 Å². The largest absolute Gasteiger partial charge is 0.497 e. The molecule has 2 aromatic carbocycles. The maximum atomic E-state index is 5.86. The minimum Gasteiger partial charge on any atom is -0.497 e. The monoisotopic (exact) mass is 293 g/mol. The number of ether oxygens (including phenoxy) is 3. The first-order chi connectivity index (χ1) is 9.62. The van der Waals surface area contributed by atoms with Crippen LogP contribution in [-0.4, -0.2) is 14.2 Å². The van der Waals surface area contributed by atoms with E-state index < -0.39 is 0 Å². The van der Waals surface area contributed by atoms with E-state index in [0.717, 1.165) is 17.1 Å². The molecule has 5 heteroatoms. The second kappa shape index (κ2) is 6.39. The lowest BCUT2D eigenvalue weighted by Crippen LogP contribution is -1.98. The van der Waals surface area contributed by atoms with E-state index in [1.54, 1.807) is 32.4 Å². The molecule has 2 rings (SSSR count). The smallest absolute Gasteiger partial charge is 0.122 e. The number of nitrogen functional groups attached to an aromatic ring is 1. The highest BCUT2D eigenvalue weighted by atomic mass is 35.5. The summed E-state index contributed by atoms with van der Waals surface area (Å²) in [6.45, 7) is 0.384. The highest BCUT2D eigenvalue weighted by molar-refractivity contribution is 6.33. The van der Waals surface area contributed by atoms with Gasteiger partial charge in [0.25, 0.3) is 0 Å². The van der Waals surface area contributed by atoms with Crippen molar-refractivity contribution in [3.8, 4) is 17.2 Å². The van der Waals surface area contributed by atoms with Gasteiger partial charge in [0.05, 0.1) is 24.9 Å². The maximum Gasteiger partial charge on any atom is 0.122 e. The van der Waals surface area contributed by atoms with Crippen molar-refractivity contribution in [1.29, 1.82) is 0 Å². The van der Waals surface area contributed by atoms with E-state index in [2.05, 4.69) is 0 Å². The van der Waals surface area contributed by atoms with Crippen molar-refractivity contribution in [2.45, 2.75) is 6.61 Å². The minimum atomic E-state index is 0.384. The lowest BCUT2D eigenvalue weighted by molar-refractivity contribution is 0.304. The van der Waals surface area contributed by atoms with Crippen LogP contribution in [-0.2, 0) is 6.61 Å². The average molecular weight is 294 g/mol. The summed E-state index contributed by atoms with van der Waals surface area (Å²) in [5.74, 6) is 2.10. The summed E-state index contributed by atoms with van der Waals surface area (Å²) >= 11 is 5.86. The molecule has 0 heterocycles.